The monoisotopic (exact) mass is 359 g/mol. The van der Waals surface area contributed by atoms with Crippen LogP contribution in [0.15, 0.2) is 29.4 Å². The third-order valence-corrected chi connectivity index (χ3v) is 3.99. The van der Waals surface area contributed by atoms with Gasteiger partial charge in [-0.15, -0.1) is 18.3 Å². The summed E-state index contributed by atoms with van der Waals surface area (Å²) in [5.41, 5.74) is 0.372. The van der Waals surface area contributed by atoms with Crippen LogP contribution < -0.4 is 10.1 Å². The first kappa shape index (κ1) is 16.6. The molecule has 1 amide bonds. The predicted octanol–water partition coefficient (Wildman–Crippen LogP) is 2.64. The number of hydrogen-bond acceptors (Lipinski definition) is 6. The number of ether oxygens (including phenoxy) is 1. The fourth-order valence-corrected chi connectivity index (χ4v) is 2.64. The molecule has 2 aromatic rings. The van der Waals surface area contributed by atoms with Crippen LogP contribution in [0.25, 0.3) is 0 Å². The molecule has 0 atom stereocenters. The first-order chi connectivity index (χ1) is 11.4. The minimum atomic E-state index is -4.74. The molecule has 7 nitrogen and oxygen atoms in total. The highest BCUT2D eigenvalue weighted by Gasteiger charge is 2.31. The lowest BCUT2D eigenvalue weighted by atomic mass is 10.3. The van der Waals surface area contributed by atoms with E-state index in [2.05, 4.69) is 25.6 Å². The molecule has 1 aromatic carbocycles. The van der Waals surface area contributed by atoms with Gasteiger partial charge in [0, 0.05) is 5.69 Å². The molecule has 1 saturated carbocycles. The highest BCUT2D eigenvalue weighted by molar-refractivity contribution is 7.99. The fraction of sp³-hybridized carbons (Fsp3) is 0.385. The van der Waals surface area contributed by atoms with E-state index < -0.39 is 6.36 Å². The number of rotatable bonds is 6. The van der Waals surface area contributed by atoms with Crippen molar-refractivity contribution in [3.05, 3.63) is 24.3 Å². The topological polar surface area (TPSA) is 81.9 Å². The maximum Gasteiger partial charge on any atom is 0.573 e. The van der Waals surface area contributed by atoms with Crippen molar-refractivity contribution in [1.29, 1.82) is 0 Å². The minimum absolute atomic E-state index is 0.0912. The van der Waals surface area contributed by atoms with Crippen LogP contribution in [0.5, 0.6) is 5.75 Å². The third-order valence-electron chi connectivity index (χ3n) is 3.06. The smallest absolute Gasteiger partial charge is 0.406 e. The lowest BCUT2D eigenvalue weighted by Crippen LogP contribution is -2.17. The Morgan fingerprint density at radius 2 is 2.04 bits per heavy atom. The second kappa shape index (κ2) is 6.67. The summed E-state index contributed by atoms with van der Waals surface area (Å²) in [6.45, 7) is 0. The van der Waals surface area contributed by atoms with Crippen molar-refractivity contribution in [3.63, 3.8) is 0 Å². The number of carbonyl (C=O) groups is 1. The molecular formula is C13H12F3N5O2S. The Kier molecular flexibility index (Phi) is 4.60. The number of carbonyl (C=O) groups excluding carboxylic acids is 1. The normalized spacial score (nSPS) is 14.5. The summed E-state index contributed by atoms with van der Waals surface area (Å²) < 4.78 is 41.7. The predicted molar refractivity (Wildman–Crippen MR) is 78.6 cm³/mol. The first-order valence-electron chi connectivity index (χ1n) is 6.97. The molecule has 0 spiro atoms. The van der Waals surface area contributed by atoms with Crippen molar-refractivity contribution >= 4 is 23.4 Å². The van der Waals surface area contributed by atoms with Gasteiger partial charge in [0.25, 0.3) is 0 Å². The molecule has 0 aliphatic heterocycles. The van der Waals surface area contributed by atoms with Crippen molar-refractivity contribution in [2.75, 3.05) is 11.1 Å². The van der Waals surface area contributed by atoms with Gasteiger partial charge in [0.05, 0.1) is 11.8 Å². The van der Waals surface area contributed by atoms with E-state index in [1.807, 2.05) is 0 Å². The lowest BCUT2D eigenvalue weighted by Gasteiger charge is -2.09. The lowest BCUT2D eigenvalue weighted by molar-refractivity contribution is -0.274. The summed E-state index contributed by atoms with van der Waals surface area (Å²) in [6.07, 6.45) is -2.69. The van der Waals surface area contributed by atoms with Gasteiger partial charge in [-0.3, -0.25) is 4.79 Å². The number of benzene rings is 1. The van der Waals surface area contributed by atoms with E-state index in [9.17, 15) is 18.0 Å². The van der Waals surface area contributed by atoms with Crippen LogP contribution in [0.3, 0.4) is 0 Å². The number of thioether (sulfide) groups is 1. The third kappa shape index (κ3) is 4.60. The second-order valence-corrected chi connectivity index (χ2v) is 5.99. The van der Waals surface area contributed by atoms with E-state index >= 15 is 0 Å². The second-order valence-electron chi connectivity index (χ2n) is 5.05. The summed E-state index contributed by atoms with van der Waals surface area (Å²) >= 11 is 1.20. The number of aromatic nitrogens is 4. The van der Waals surface area contributed by atoms with Crippen LogP contribution in [0, 0.1) is 0 Å². The summed E-state index contributed by atoms with van der Waals surface area (Å²) in [6, 6.07) is 5.23. The molecule has 1 aliphatic rings. The van der Waals surface area contributed by atoms with Gasteiger partial charge in [-0.25, -0.2) is 4.68 Å². The van der Waals surface area contributed by atoms with Gasteiger partial charge in [0.1, 0.15) is 5.75 Å². The zero-order valence-corrected chi connectivity index (χ0v) is 13.0. The SMILES string of the molecule is O=C(CSc1nnnn1C1CC1)Nc1ccc(OC(F)(F)F)cc1. The van der Waals surface area contributed by atoms with Crippen molar-refractivity contribution in [3.8, 4) is 5.75 Å². The maximum atomic E-state index is 12.1. The maximum absolute atomic E-state index is 12.1. The number of nitrogens with zero attached hydrogens (tertiary/aromatic N) is 4. The van der Waals surface area contributed by atoms with E-state index in [0.717, 1.165) is 25.0 Å². The molecule has 0 unspecified atom stereocenters. The Morgan fingerprint density at radius 3 is 2.67 bits per heavy atom. The summed E-state index contributed by atoms with van der Waals surface area (Å²) in [5.74, 6) is -0.568. The van der Waals surface area contributed by atoms with Gasteiger partial charge >= 0.3 is 6.36 Å². The minimum Gasteiger partial charge on any atom is -0.406 e. The highest BCUT2D eigenvalue weighted by Crippen LogP contribution is 2.36. The fourth-order valence-electron chi connectivity index (χ4n) is 1.90. The number of nitrogens with one attached hydrogen (secondary N) is 1. The Labute approximate surface area is 138 Å². The molecule has 11 heteroatoms. The van der Waals surface area contributed by atoms with E-state index in [1.165, 1.54) is 23.9 Å². The molecule has 1 heterocycles. The van der Waals surface area contributed by atoms with Crippen molar-refractivity contribution < 1.29 is 22.7 Å². The van der Waals surface area contributed by atoms with Crippen LogP contribution >= 0.6 is 11.8 Å². The molecule has 1 N–H and O–H groups in total. The van der Waals surface area contributed by atoms with Crippen molar-refractivity contribution in [2.45, 2.75) is 30.4 Å². The summed E-state index contributed by atoms with van der Waals surface area (Å²) in [4.78, 5) is 11.9. The van der Waals surface area contributed by atoms with Gasteiger partial charge in [0.2, 0.25) is 11.1 Å². The van der Waals surface area contributed by atoms with Gasteiger partial charge in [-0.1, -0.05) is 11.8 Å². The molecule has 1 aliphatic carbocycles. The van der Waals surface area contributed by atoms with E-state index in [0.29, 0.717) is 16.9 Å². The molecule has 0 saturated heterocycles. The Morgan fingerprint density at radius 1 is 1.33 bits per heavy atom. The molecule has 3 rings (SSSR count). The summed E-state index contributed by atoms with van der Waals surface area (Å²) in [5, 5.41) is 14.5. The average molecular weight is 359 g/mol. The van der Waals surface area contributed by atoms with Gasteiger partial charge in [-0.2, -0.15) is 0 Å². The zero-order valence-electron chi connectivity index (χ0n) is 12.2. The molecule has 1 fully saturated rings. The van der Waals surface area contributed by atoms with Crippen LogP contribution in [0.1, 0.15) is 18.9 Å². The summed E-state index contributed by atoms with van der Waals surface area (Å²) in [7, 11) is 0. The van der Waals surface area contributed by atoms with E-state index in [1.54, 1.807) is 4.68 Å². The molecular weight excluding hydrogens is 347 g/mol. The number of halogens is 3. The van der Waals surface area contributed by atoms with Crippen LogP contribution in [-0.4, -0.2) is 38.2 Å². The van der Waals surface area contributed by atoms with Crippen LogP contribution in [0.2, 0.25) is 0 Å². The van der Waals surface area contributed by atoms with Gasteiger partial charge < -0.3 is 10.1 Å². The quantitative estimate of drug-likeness (QED) is 0.799. The van der Waals surface area contributed by atoms with Gasteiger partial charge in [-0.05, 0) is 47.5 Å². The van der Waals surface area contributed by atoms with Gasteiger partial charge in [0.15, 0.2) is 0 Å². The number of tetrazole rings is 1. The number of anilines is 1. The molecule has 1 aromatic heterocycles. The van der Waals surface area contributed by atoms with Crippen LogP contribution in [-0.2, 0) is 4.79 Å². The Bertz CT molecular complexity index is 715. The number of hydrogen-bond donors (Lipinski definition) is 1. The molecule has 0 radical (unpaired) electrons. The average Bonchev–Trinajstić information content (AvgIpc) is 3.24. The van der Waals surface area contributed by atoms with Crippen LogP contribution in [0.4, 0.5) is 18.9 Å². The number of alkyl halides is 3. The number of amides is 1. The van der Waals surface area contributed by atoms with Crippen molar-refractivity contribution in [2.24, 2.45) is 0 Å². The first-order valence-corrected chi connectivity index (χ1v) is 7.95. The molecule has 0 bridgehead atoms. The highest BCUT2D eigenvalue weighted by atomic mass is 32.2. The molecule has 128 valence electrons. The van der Waals surface area contributed by atoms with Crippen molar-refractivity contribution in [1.82, 2.24) is 20.2 Å². The standard InChI is InChI=1S/C13H12F3N5O2S/c14-13(15,16)23-10-5-1-8(2-6-10)17-11(22)7-24-12-18-19-20-21(12)9-3-4-9/h1-2,5-6,9H,3-4,7H2,(H,17,22). The Hall–Kier alpha value is -2.30. The zero-order chi connectivity index (χ0) is 17.2. The van der Waals surface area contributed by atoms with E-state index in [-0.39, 0.29) is 17.4 Å². The largest absolute Gasteiger partial charge is 0.573 e. The van der Waals surface area contributed by atoms with E-state index in [4.69, 9.17) is 0 Å². The Balaban J connectivity index is 1.50. The molecule has 24 heavy (non-hydrogen) atoms.